The van der Waals surface area contributed by atoms with Gasteiger partial charge in [-0.25, -0.2) is 12.8 Å². The molecule has 1 atom stereocenters. The van der Waals surface area contributed by atoms with Gasteiger partial charge < -0.3 is 19.7 Å². The van der Waals surface area contributed by atoms with Crippen molar-refractivity contribution in [3.8, 4) is 11.5 Å². The van der Waals surface area contributed by atoms with Gasteiger partial charge in [0.25, 0.3) is 10.0 Å². The number of carbonyl (C=O) groups is 2. The van der Waals surface area contributed by atoms with Gasteiger partial charge in [0.05, 0.1) is 10.6 Å². The number of hydrogen-bond donors (Lipinski definition) is 1. The van der Waals surface area contributed by atoms with Crippen LogP contribution in [0.25, 0.3) is 0 Å². The Balaban J connectivity index is 1.72. The molecule has 218 valence electrons. The molecule has 4 rings (SSSR count). The molecule has 0 aliphatic carbocycles. The van der Waals surface area contributed by atoms with Gasteiger partial charge in [-0.3, -0.25) is 13.9 Å². The lowest BCUT2D eigenvalue weighted by Crippen LogP contribution is -2.52. The van der Waals surface area contributed by atoms with Crippen LogP contribution in [0.1, 0.15) is 26.3 Å². The summed E-state index contributed by atoms with van der Waals surface area (Å²) in [4.78, 5) is 28.1. The number of nitrogens with zero attached hydrogens (tertiary/aromatic N) is 2. The first-order valence-electron chi connectivity index (χ1n) is 13.0. The average molecular weight is 649 g/mol. The van der Waals surface area contributed by atoms with Crippen LogP contribution in [-0.4, -0.2) is 57.0 Å². The maximum Gasteiger partial charge on any atom is 0.264 e. The fourth-order valence-electron chi connectivity index (χ4n) is 4.22. The number of benzene rings is 3. The smallest absolute Gasteiger partial charge is 0.264 e. The monoisotopic (exact) mass is 647 g/mol. The number of carbonyl (C=O) groups excluding carboxylic acids is 2. The third-order valence-electron chi connectivity index (χ3n) is 6.36. The van der Waals surface area contributed by atoms with Crippen molar-refractivity contribution in [3.05, 3.63) is 82.6 Å². The van der Waals surface area contributed by atoms with Gasteiger partial charge >= 0.3 is 0 Å². The molecule has 0 aromatic heterocycles. The highest BCUT2D eigenvalue weighted by Gasteiger charge is 2.33. The van der Waals surface area contributed by atoms with E-state index >= 15 is 0 Å². The van der Waals surface area contributed by atoms with E-state index in [0.29, 0.717) is 12.4 Å². The largest absolute Gasteiger partial charge is 0.486 e. The molecule has 9 nitrogen and oxygen atoms in total. The number of nitrogens with one attached hydrogen (secondary N) is 1. The first-order valence-corrected chi connectivity index (χ1v) is 15.2. The number of amides is 2. The normalized spacial score (nSPS) is 13.4. The Kier molecular flexibility index (Phi) is 9.54. The van der Waals surface area contributed by atoms with E-state index in [-0.39, 0.29) is 41.4 Å². The molecule has 12 heteroatoms. The molecule has 0 saturated heterocycles. The van der Waals surface area contributed by atoms with E-state index in [1.807, 2.05) is 26.0 Å². The number of anilines is 1. The van der Waals surface area contributed by atoms with Crippen LogP contribution in [0.15, 0.2) is 76.1 Å². The molecule has 41 heavy (non-hydrogen) atoms. The second-order valence-electron chi connectivity index (χ2n) is 9.78. The number of hydrogen-bond acceptors (Lipinski definition) is 6. The minimum Gasteiger partial charge on any atom is -0.486 e. The van der Waals surface area contributed by atoms with E-state index in [0.717, 1.165) is 26.5 Å². The van der Waals surface area contributed by atoms with Gasteiger partial charge in [-0.1, -0.05) is 28.1 Å². The van der Waals surface area contributed by atoms with Crippen molar-refractivity contribution in [2.24, 2.45) is 0 Å². The van der Waals surface area contributed by atoms with E-state index in [4.69, 9.17) is 9.47 Å². The highest BCUT2D eigenvalue weighted by Crippen LogP contribution is 2.34. The molecule has 1 heterocycles. The summed E-state index contributed by atoms with van der Waals surface area (Å²) in [6, 6.07) is 15.1. The van der Waals surface area contributed by atoms with Crippen molar-refractivity contribution < 1.29 is 31.9 Å². The van der Waals surface area contributed by atoms with Crippen LogP contribution in [0.2, 0.25) is 0 Å². The third kappa shape index (κ3) is 7.36. The lowest BCUT2D eigenvalue weighted by Gasteiger charge is -2.32. The number of fused-ring (bicyclic) bond motifs is 1. The van der Waals surface area contributed by atoms with Crippen LogP contribution in [-0.2, 0) is 26.2 Å². The number of rotatable bonds is 10. The third-order valence-corrected chi connectivity index (χ3v) is 8.66. The molecular formula is C29H31BrFN3O6S. The van der Waals surface area contributed by atoms with Crippen molar-refractivity contribution in [1.29, 1.82) is 0 Å². The van der Waals surface area contributed by atoms with Crippen LogP contribution in [0.5, 0.6) is 11.5 Å². The molecule has 0 radical (unpaired) electrons. The molecule has 0 fully saturated rings. The predicted molar refractivity (Wildman–Crippen MR) is 156 cm³/mol. The summed E-state index contributed by atoms with van der Waals surface area (Å²) >= 11 is 3.39. The molecule has 3 aromatic rings. The standard InChI is InChI=1S/C29H31BrFN3O6S/c1-19(2)32-29(36)20(3)33(17-21-4-6-22(30)7-5-21)28(35)18-34(24-10-8-23(31)9-11-24)41(37,38)25-12-13-26-27(16-25)40-15-14-39-26/h4-13,16,19-20H,14-15,17-18H2,1-3H3,(H,32,36)/t20-/m0/s1. The Bertz CT molecular complexity index is 1500. The van der Waals surface area contributed by atoms with Crippen LogP contribution in [0, 0.1) is 5.82 Å². The van der Waals surface area contributed by atoms with Gasteiger partial charge in [0, 0.05) is 23.1 Å². The molecule has 0 saturated carbocycles. The minimum atomic E-state index is -4.35. The van der Waals surface area contributed by atoms with Crippen molar-refractivity contribution >= 4 is 43.5 Å². The summed E-state index contributed by atoms with van der Waals surface area (Å²) in [5, 5.41) is 2.81. The zero-order valence-electron chi connectivity index (χ0n) is 22.8. The molecule has 1 N–H and O–H groups in total. The van der Waals surface area contributed by atoms with Gasteiger partial charge in [-0.2, -0.15) is 0 Å². The van der Waals surface area contributed by atoms with Crippen LogP contribution in [0.3, 0.4) is 0 Å². The summed E-state index contributed by atoms with van der Waals surface area (Å²) in [7, 11) is -4.35. The maximum atomic E-state index is 14.0. The van der Waals surface area contributed by atoms with Crippen molar-refractivity contribution in [2.45, 2.75) is 44.3 Å². The Labute approximate surface area is 247 Å². The lowest BCUT2D eigenvalue weighted by atomic mass is 10.1. The summed E-state index contributed by atoms with van der Waals surface area (Å²) in [5.41, 5.74) is 0.825. The van der Waals surface area contributed by atoms with Crippen molar-refractivity contribution in [1.82, 2.24) is 10.2 Å². The molecule has 1 aliphatic heterocycles. The van der Waals surface area contributed by atoms with E-state index in [1.165, 1.54) is 35.2 Å². The van der Waals surface area contributed by atoms with E-state index in [1.54, 1.807) is 19.1 Å². The molecule has 2 amide bonds. The Hall–Kier alpha value is -3.64. The van der Waals surface area contributed by atoms with Gasteiger partial charge in [-0.05, 0) is 74.9 Å². The first kappa shape index (κ1) is 30.3. The number of halogens is 2. The summed E-state index contributed by atoms with van der Waals surface area (Å²) in [5.74, 6) is -0.894. The van der Waals surface area contributed by atoms with Crippen molar-refractivity contribution in [2.75, 3.05) is 24.1 Å². The molecule has 1 aliphatic rings. The van der Waals surface area contributed by atoms with Gasteiger partial charge in [-0.15, -0.1) is 0 Å². The molecule has 0 spiro atoms. The SMILES string of the molecule is CC(C)NC(=O)[C@H](C)N(Cc1ccc(Br)cc1)C(=O)CN(c1ccc(F)cc1)S(=O)(=O)c1ccc2c(c1)OCCO2. The van der Waals surface area contributed by atoms with Gasteiger partial charge in [0.1, 0.15) is 31.6 Å². The maximum absolute atomic E-state index is 14.0. The Morgan fingerprint density at radius 2 is 1.59 bits per heavy atom. The number of ether oxygens (including phenoxy) is 2. The quantitative estimate of drug-likeness (QED) is 0.348. The zero-order valence-corrected chi connectivity index (χ0v) is 25.2. The van der Waals surface area contributed by atoms with E-state index < -0.39 is 34.3 Å². The second kappa shape index (κ2) is 12.9. The summed E-state index contributed by atoms with van der Waals surface area (Å²) in [6.07, 6.45) is 0. The van der Waals surface area contributed by atoms with Crippen molar-refractivity contribution in [3.63, 3.8) is 0 Å². The topological polar surface area (TPSA) is 105 Å². The second-order valence-corrected chi connectivity index (χ2v) is 12.6. The fourth-order valence-corrected chi connectivity index (χ4v) is 5.92. The average Bonchev–Trinajstić information content (AvgIpc) is 2.95. The lowest BCUT2D eigenvalue weighted by molar-refractivity contribution is -0.139. The van der Waals surface area contributed by atoms with Crippen LogP contribution < -0.4 is 19.1 Å². The van der Waals surface area contributed by atoms with E-state index in [9.17, 15) is 22.4 Å². The fraction of sp³-hybridized carbons (Fsp3) is 0.310. The predicted octanol–water partition coefficient (Wildman–Crippen LogP) is 4.50. The summed E-state index contributed by atoms with van der Waals surface area (Å²) < 4.78 is 54.6. The highest BCUT2D eigenvalue weighted by atomic mass is 79.9. The van der Waals surface area contributed by atoms with Gasteiger partial charge in [0.2, 0.25) is 11.8 Å². The Morgan fingerprint density at radius 1 is 0.951 bits per heavy atom. The number of sulfonamides is 1. The molecular weight excluding hydrogens is 617 g/mol. The van der Waals surface area contributed by atoms with Crippen LogP contribution >= 0.6 is 15.9 Å². The molecule has 0 unspecified atom stereocenters. The minimum absolute atomic E-state index is 0.0557. The Morgan fingerprint density at radius 3 is 2.22 bits per heavy atom. The zero-order chi connectivity index (χ0) is 29.7. The highest BCUT2D eigenvalue weighted by molar-refractivity contribution is 9.10. The molecule has 0 bridgehead atoms. The molecule has 3 aromatic carbocycles. The first-order chi connectivity index (χ1) is 19.5. The van der Waals surface area contributed by atoms with Crippen LogP contribution in [0.4, 0.5) is 10.1 Å². The summed E-state index contributed by atoms with van der Waals surface area (Å²) in [6.45, 7) is 5.22. The van der Waals surface area contributed by atoms with E-state index in [2.05, 4.69) is 21.2 Å². The van der Waals surface area contributed by atoms with Gasteiger partial charge in [0.15, 0.2) is 11.5 Å².